The summed E-state index contributed by atoms with van der Waals surface area (Å²) in [7, 11) is -3.45. The molecule has 2 aromatic rings. The van der Waals surface area contributed by atoms with Crippen LogP contribution < -0.4 is 4.72 Å². The van der Waals surface area contributed by atoms with Crippen molar-refractivity contribution < 1.29 is 8.42 Å². The molecule has 27 heavy (non-hydrogen) atoms. The first-order chi connectivity index (χ1) is 13.1. The Morgan fingerprint density at radius 3 is 2.22 bits per heavy atom. The lowest BCUT2D eigenvalue weighted by Crippen LogP contribution is -2.43. The maximum Gasteiger partial charge on any atom is 0.279 e. The molecule has 1 aliphatic carbocycles. The molecule has 1 N–H and O–H groups in total. The molecule has 0 aromatic heterocycles. The summed E-state index contributed by atoms with van der Waals surface area (Å²) in [5.41, 5.74) is 3.86. The minimum Gasteiger partial charge on any atom is -0.298 e. The predicted octanol–water partition coefficient (Wildman–Crippen LogP) is 2.20. The van der Waals surface area contributed by atoms with Crippen molar-refractivity contribution in [3.8, 4) is 0 Å². The zero-order chi connectivity index (χ0) is 18.7. The second kappa shape index (κ2) is 8.10. The highest BCUT2D eigenvalue weighted by Gasteiger charge is 2.30. The van der Waals surface area contributed by atoms with Crippen molar-refractivity contribution >= 4 is 10.2 Å². The number of hydrogen-bond donors (Lipinski definition) is 1. The lowest BCUT2D eigenvalue weighted by molar-refractivity contribution is 0.211. The van der Waals surface area contributed by atoms with Crippen LogP contribution in [0, 0.1) is 0 Å². The Hall–Kier alpha value is -1.73. The molecule has 0 bridgehead atoms. The van der Waals surface area contributed by atoms with Gasteiger partial charge in [-0.1, -0.05) is 54.6 Å². The first-order valence-corrected chi connectivity index (χ1v) is 11.2. The van der Waals surface area contributed by atoms with Crippen LogP contribution in [0.5, 0.6) is 0 Å². The van der Waals surface area contributed by atoms with Gasteiger partial charge < -0.3 is 0 Å². The molecule has 0 saturated carbocycles. The van der Waals surface area contributed by atoms with Crippen molar-refractivity contribution in [2.75, 3.05) is 26.2 Å². The van der Waals surface area contributed by atoms with Crippen LogP contribution in [0.15, 0.2) is 54.6 Å². The van der Waals surface area contributed by atoms with Crippen LogP contribution in [-0.4, -0.2) is 49.8 Å². The highest BCUT2D eigenvalue weighted by molar-refractivity contribution is 7.87. The van der Waals surface area contributed by atoms with Crippen LogP contribution >= 0.6 is 0 Å². The first-order valence-electron chi connectivity index (χ1n) is 9.71. The highest BCUT2D eigenvalue weighted by Crippen LogP contribution is 2.26. The lowest BCUT2D eigenvalue weighted by Gasteiger charge is -2.27. The van der Waals surface area contributed by atoms with E-state index < -0.39 is 10.2 Å². The molecule has 6 heteroatoms. The van der Waals surface area contributed by atoms with Crippen molar-refractivity contribution in [1.82, 2.24) is 13.9 Å². The maximum atomic E-state index is 12.7. The van der Waals surface area contributed by atoms with E-state index in [0.29, 0.717) is 25.7 Å². The Kier molecular flexibility index (Phi) is 5.59. The van der Waals surface area contributed by atoms with Gasteiger partial charge in [-0.25, -0.2) is 0 Å². The van der Waals surface area contributed by atoms with E-state index in [1.54, 1.807) is 4.31 Å². The molecule has 0 atom stereocenters. The smallest absolute Gasteiger partial charge is 0.279 e. The average molecular weight is 386 g/mol. The van der Waals surface area contributed by atoms with E-state index in [1.165, 1.54) is 11.1 Å². The Morgan fingerprint density at radius 1 is 0.852 bits per heavy atom. The number of nitrogens with one attached hydrogen (secondary N) is 1. The largest absolute Gasteiger partial charge is 0.298 e. The van der Waals surface area contributed by atoms with Gasteiger partial charge in [0.25, 0.3) is 10.2 Å². The molecule has 0 radical (unpaired) electrons. The third kappa shape index (κ3) is 4.41. The molecule has 2 aliphatic rings. The molecule has 0 spiro atoms. The SMILES string of the molecule is O=S(=O)(NCc1ccccc1)N1CCCN(C2Cc3ccccc3C2)CC1. The van der Waals surface area contributed by atoms with Crippen molar-refractivity contribution in [2.24, 2.45) is 0 Å². The van der Waals surface area contributed by atoms with Crippen LogP contribution in [0.2, 0.25) is 0 Å². The number of nitrogens with zero attached hydrogens (tertiary/aromatic N) is 2. The van der Waals surface area contributed by atoms with Crippen molar-refractivity contribution in [3.63, 3.8) is 0 Å². The van der Waals surface area contributed by atoms with Crippen LogP contribution in [0.3, 0.4) is 0 Å². The third-order valence-electron chi connectivity index (χ3n) is 5.68. The molecule has 0 unspecified atom stereocenters. The van der Waals surface area contributed by atoms with Gasteiger partial charge in [0, 0.05) is 32.2 Å². The number of benzene rings is 2. The van der Waals surface area contributed by atoms with E-state index >= 15 is 0 Å². The van der Waals surface area contributed by atoms with Crippen molar-refractivity contribution in [3.05, 3.63) is 71.3 Å². The molecule has 2 aromatic carbocycles. The second-order valence-electron chi connectivity index (χ2n) is 7.43. The molecule has 1 heterocycles. The normalized spacial score (nSPS) is 19.7. The summed E-state index contributed by atoms with van der Waals surface area (Å²) < 4.78 is 29.8. The summed E-state index contributed by atoms with van der Waals surface area (Å²) in [6.07, 6.45) is 3.03. The monoisotopic (exact) mass is 385 g/mol. The molecule has 5 nitrogen and oxygen atoms in total. The lowest BCUT2D eigenvalue weighted by atomic mass is 10.1. The van der Waals surface area contributed by atoms with E-state index in [9.17, 15) is 8.42 Å². The van der Waals surface area contributed by atoms with E-state index in [2.05, 4.69) is 33.9 Å². The Labute approximate surface area is 162 Å². The number of rotatable bonds is 5. The molecule has 1 fully saturated rings. The summed E-state index contributed by atoms with van der Waals surface area (Å²) in [6.45, 7) is 3.23. The van der Waals surface area contributed by atoms with Gasteiger partial charge in [-0.3, -0.25) is 4.90 Å². The van der Waals surface area contributed by atoms with Gasteiger partial charge >= 0.3 is 0 Å². The van der Waals surface area contributed by atoms with E-state index in [-0.39, 0.29) is 0 Å². The third-order valence-corrected chi connectivity index (χ3v) is 7.23. The molecular formula is C21H27N3O2S. The molecular weight excluding hydrogens is 358 g/mol. The van der Waals surface area contributed by atoms with Gasteiger partial charge in [0.05, 0.1) is 0 Å². The van der Waals surface area contributed by atoms with Crippen molar-refractivity contribution in [2.45, 2.75) is 31.8 Å². The van der Waals surface area contributed by atoms with Gasteiger partial charge in [0.15, 0.2) is 0 Å². The Balaban J connectivity index is 1.34. The molecule has 1 aliphatic heterocycles. The number of hydrogen-bond acceptors (Lipinski definition) is 3. The average Bonchev–Trinajstić information content (AvgIpc) is 2.95. The van der Waals surface area contributed by atoms with E-state index in [0.717, 1.165) is 37.9 Å². The van der Waals surface area contributed by atoms with E-state index in [4.69, 9.17) is 0 Å². The Morgan fingerprint density at radius 2 is 1.52 bits per heavy atom. The molecule has 1 saturated heterocycles. The van der Waals surface area contributed by atoms with Gasteiger partial charge in [-0.2, -0.15) is 17.4 Å². The van der Waals surface area contributed by atoms with Crippen LogP contribution in [0.4, 0.5) is 0 Å². The second-order valence-corrected chi connectivity index (χ2v) is 9.19. The number of fused-ring (bicyclic) bond motifs is 1. The van der Waals surface area contributed by atoms with Crippen LogP contribution in [0.1, 0.15) is 23.1 Å². The summed E-state index contributed by atoms with van der Waals surface area (Å²) in [6, 6.07) is 18.8. The summed E-state index contributed by atoms with van der Waals surface area (Å²) >= 11 is 0. The highest BCUT2D eigenvalue weighted by atomic mass is 32.2. The topological polar surface area (TPSA) is 52.7 Å². The first kappa shape index (κ1) is 18.6. The van der Waals surface area contributed by atoms with Gasteiger partial charge in [-0.05, 0) is 42.5 Å². The maximum absolute atomic E-state index is 12.7. The molecule has 144 valence electrons. The zero-order valence-corrected chi connectivity index (χ0v) is 16.4. The molecule has 4 rings (SSSR count). The van der Waals surface area contributed by atoms with Crippen LogP contribution in [0.25, 0.3) is 0 Å². The fraction of sp³-hybridized carbons (Fsp3) is 0.429. The van der Waals surface area contributed by atoms with Crippen molar-refractivity contribution in [1.29, 1.82) is 0 Å². The van der Waals surface area contributed by atoms with Crippen LogP contribution in [-0.2, 0) is 29.6 Å². The fourth-order valence-corrected chi connectivity index (χ4v) is 5.40. The van der Waals surface area contributed by atoms with Gasteiger partial charge in [-0.15, -0.1) is 0 Å². The summed E-state index contributed by atoms with van der Waals surface area (Å²) in [5.74, 6) is 0. The quantitative estimate of drug-likeness (QED) is 0.859. The van der Waals surface area contributed by atoms with Gasteiger partial charge in [0.1, 0.15) is 0 Å². The minimum atomic E-state index is -3.45. The summed E-state index contributed by atoms with van der Waals surface area (Å²) in [5, 5.41) is 0. The minimum absolute atomic E-state index is 0.335. The molecule has 0 amide bonds. The zero-order valence-electron chi connectivity index (χ0n) is 15.5. The van der Waals surface area contributed by atoms with E-state index in [1.807, 2.05) is 30.3 Å². The standard InChI is InChI=1S/C21H27N3O2S/c25-27(26,22-17-18-7-2-1-3-8-18)24-12-6-11-23(13-14-24)21-15-19-9-4-5-10-20(19)16-21/h1-5,7-10,21-22H,6,11-17H2. The Bertz CT molecular complexity index is 845. The summed E-state index contributed by atoms with van der Waals surface area (Å²) in [4.78, 5) is 2.48. The van der Waals surface area contributed by atoms with Gasteiger partial charge in [0.2, 0.25) is 0 Å². The fourth-order valence-electron chi connectivity index (χ4n) is 4.17. The predicted molar refractivity (Wildman–Crippen MR) is 108 cm³/mol.